The Bertz CT molecular complexity index is 865. The van der Waals surface area contributed by atoms with Crippen molar-refractivity contribution in [3.8, 4) is 5.75 Å². The Kier molecular flexibility index (Phi) is 7.06. The molecule has 1 saturated heterocycles. The van der Waals surface area contributed by atoms with Crippen LogP contribution in [0.3, 0.4) is 0 Å². The van der Waals surface area contributed by atoms with Gasteiger partial charge in [0.05, 0.1) is 7.11 Å². The molecule has 0 bridgehead atoms. The van der Waals surface area contributed by atoms with Crippen LogP contribution in [0.25, 0.3) is 0 Å². The fourth-order valence-electron chi connectivity index (χ4n) is 4.05. The highest BCUT2D eigenvalue weighted by Crippen LogP contribution is 2.29. The molecular weight excluding hydrogens is 390 g/mol. The first-order valence-corrected chi connectivity index (χ1v) is 11.4. The minimum atomic E-state index is 0.462. The average molecular weight is 426 g/mol. The minimum Gasteiger partial charge on any atom is -0.497 e. The van der Waals surface area contributed by atoms with Crippen molar-refractivity contribution < 1.29 is 4.74 Å². The summed E-state index contributed by atoms with van der Waals surface area (Å²) in [6, 6.07) is 9.56. The molecule has 0 atom stereocenters. The van der Waals surface area contributed by atoms with Crippen LogP contribution in [-0.2, 0) is 20.0 Å². The number of likely N-dealkylation sites (tertiary alicyclic amines) is 1. The number of aromatic nitrogens is 3. The first kappa shape index (κ1) is 21.6. The van der Waals surface area contributed by atoms with Crippen LogP contribution >= 0.6 is 0 Å². The molecule has 31 heavy (non-hydrogen) atoms. The van der Waals surface area contributed by atoms with E-state index in [1.54, 1.807) is 7.11 Å². The number of nitrogens with zero attached hydrogens (tertiary/aromatic N) is 5. The van der Waals surface area contributed by atoms with Gasteiger partial charge in [-0.05, 0) is 56.7 Å². The van der Waals surface area contributed by atoms with Gasteiger partial charge in [0.1, 0.15) is 18.1 Å². The van der Waals surface area contributed by atoms with Gasteiger partial charge in [0.25, 0.3) is 0 Å². The molecular formula is C23H35N7O. The number of rotatable bonds is 8. The van der Waals surface area contributed by atoms with Crippen molar-refractivity contribution in [2.24, 2.45) is 12.0 Å². The van der Waals surface area contributed by atoms with Crippen LogP contribution in [0.2, 0.25) is 0 Å². The van der Waals surface area contributed by atoms with Gasteiger partial charge in [-0.3, -0.25) is 0 Å². The van der Waals surface area contributed by atoms with E-state index < -0.39 is 0 Å². The van der Waals surface area contributed by atoms with Gasteiger partial charge in [0, 0.05) is 38.8 Å². The summed E-state index contributed by atoms with van der Waals surface area (Å²) in [5, 5.41) is 15.6. The summed E-state index contributed by atoms with van der Waals surface area (Å²) >= 11 is 0. The number of hydrogen-bond donors (Lipinski definition) is 2. The molecule has 168 valence electrons. The predicted octanol–water partition coefficient (Wildman–Crippen LogP) is 2.04. The third kappa shape index (κ3) is 5.97. The molecule has 2 N–H and O–H groups in total. The van der Waals surface area contributed by atoms with Crippen LogP contribution in [-0.4, -0.2) is 64.5 Å². The van der Waals surface area contributed by atoms with Gasteiger partial charge in [-0.1, -0.05) is 12.1 Å². The zero-order chi connectivity index (χ0) is 21.6. The Morgan fingerprint density at radius 1 is 1.13 bits per heavy atom. The second-order valence-electron chi connectivity index (χ2n) is 8.60. The molecule has 1 aromatic carbocycles. The lowest BCUT2D eigenvalue weighted by Gasteiger charge is -2.33. The molecule has 0 amide bonds. The zero-order valence-corrected chi connectivity index (χ0v) is 19.0. The van der Waals surface area contributed by atoms with Crippen LogP contribution in [0.4, 0.5) is 0 Å². The maximum Gasteiger partial charge on any atom is 0.191 e. The monoisotopic (exact) mass is 425 g/mol. The summed E-state index contributed by atoms with van der Waals surface area (Å²) in [7, 11) is 3.68. The number of nitrogens with one attached hydrogen (secondary N) is 2. The second kappa shape index (κ2) is 10.1. The van der Waals surface area contributed by atoms with E-state index in [1.807, 2.05) is 30.7 Å². The van der Waals surface area contributed by atoms with Crippen molar-refractivity contribution in [3.05, 3.63) is 41.5 Å². The first-order valence-electron chi connectivity index (χ1n) is 11.4. The van der Waals surface area contributed by atoms with E-state index in [0.29, 0.717) is 12.6 Å². The van der Waals surface area contributed by atoms with Gasteiger partial charge in [-0.2, -0.15) is 0 Å². The number of guanidine groups is 1. The Hall–Kier alpha value is -2.61. The molecule has 1 aliphatic carbocycles. The lowest BCUT2D eigenvalue weighted by molar-refractivity contribution is 0.197. The number of methoxy groups -OCH3 is 1. The van der Waals surface area contributed by atoms with E-state index in [9.17, 15) is 0 Å². The van der Waals surface area contributed by atoms with Gasteiger partial charge in [0.15, 0.2) is 11.8 Å². The van der Waals surface area contributed by atoms with Gasteiger partial charge < -0.3 is 24.8 Å². The van der Waals surface area contributed by atoms with E-state index in [0.717, 1.165) is 42.4 Å². The van der Waals surface area contributed by atoms with Crippen molar-refractivity contribution in [1.29, 1.82) is 0 Å². The van der Waals surface area contributed by atoms with E-state index in [-0.39, 0.29) is 0 Å². The number of ether oxygens (including phenoxy) is 1. The van der Waals surface area contributed by atoms with E-state index in [2.05, 4.69) is 37.9 Å². The summed E-state index contributed by atoms with van der Waals surface area (Å²) in [6.07, 6.45) is 6.02. The van der Waals surface area contributed by atoms with Crippen molar-refractivity contribution in [2.45, 2.75) is 57.7 Å². The summed E-state index contributed by atoms with van der Waals surface area (Å²) in [5.41, 5.74) is 1.27. The molecule has 1 aliphatic heterocycles. The number of benzene rings is 1. The van der Waals surface area contributed by atoms with E-state index >= 15 is 0 Å². The standard InChI is InChI=1S/C23H35N7O/c1-17-27-28-22(29(17)2)16-25-23(24-13-10-18-4-8-21(31-3)9-5-18)26-19-11-14-30(15-12-19)20-6-7-20/h4-5,8-9,19-20H,6-7,10-16H2,1-3H3,(H2,24,25,26). The summed E-state index contributed by atoms with van der Waals surface area (Å²) in [5.74, 6) is 3.52. The largest absolute Gasteiger partial charge is 0.497 e. The van der Waals surface area contributed by atoms with E-state index in [4.69, 9.17) is 9.73 Å². The van der Waals surface area contributed by atoms with Gasteiger partial charge in [0.2, 0.25) is 0 Å². The quantitative estimate of drug-likeness (QED) is 0.498. The maximum absolute atomic E-state index is 5.25. The molecule has 4 rings (SSSR count). The van der Waals surface area contributed by atoms with E-state index in [1.165, 1.54) is 44.3 Å². The number of aliphatic imine (C=N–C) groups is 1. The van der Waals surface area contributed by atoms with Crippen LogP contribution in [0.5, 0.6) is 5.75 Å². The highest BCUT2D eigenvalue weighted by atomic mass is 16.5. The van der Waals surface area contributed by atoms with Crippen LogP contribution in [0, 0.1) is 6.92 Å². The van der Waals surface area contributed by atoms with Crippen molar-refractivity contribution in [2.75, 3.05) is 26.7 Å². The summed E-state index contributed by atoms with van der Waals surface area (Å²) in [6.45, 7) is 5.65. The highest BCUT2D eigenvalue weighted by molar-refractivity contribution is 5.80. The third-order valence-corrected chi connectivity index (χ3v) is 6.36. The summed E-state index contributed by atoms with van der Waals surface area (Å²) < 4.78 is 7.24. The van der Waals surface area contributed by atoms with Crippen LogP contribution in [0.15, 0.2) is 29.3 Å². The normalized spacial score (nSPS) is 18.2. The SMILES string of the molecule is COc1ccc(CCNC(=NCc2nnc(C)n2C)NC2CCN(C3CC3)CC2)cc1. The highest BCUT2D eigenvalue weighted by Gasteiger charge is 2.31. The molecule has 8 heteroatoms. The topological polar surface area (TPSA) is 79.6 Å². The Balaban J connectivity index is 1.34. The van der Waals surface area contributed by atoms with Crippen molar-refractivity contribution in [1.82, 2.24) is 30.3 Å². The molecule has 2 fully saturated rings. The van der Waals surface area contributed by atoms with Gasteiger partial charge in [-0.15, -0.1) is 10.2 Å². The fourth-order valence-corrected chi connectivity index (χ4v) is 4.05. The molecule has 2 aliphatic rings. The van der Waals surface area contributed by atoms with Gasteiger partial charge in [-0.25, -0.2) is 4.99 Å². The minimum absolute atomic E-state index is 0.462. The van der Waals surface area contributed by atoms with Crippen molar-refractivity contribution in [3.63, 3.8) is 0 Å². The van der Waals surface area contributed by atoms with Crippen LogP contribution < -0.4 is 15.4 Å². The molecule has 0 unspecified atom stereocenters. The number of piperidine rings is 1. The Morgan fingerprint density at radius 3 is 2.48 bits per heavy atom. The predicted molar refractivity (Wildman–Crippen MR) is 122 cm³/mol. The molecule has 0 radical (unpaired) electrons. The number of hydrogen-bond acceptors (Lipinski definition) is 5. The summed E-state index contributed by atoms with van der Waals surface area (Å²) in [4.78, 5) is 7.47. The average Bonchev–Trinajstić information content (AvgIpc) is 3.60. The molecule has 8 nitrogen and oxygen atoms in total. The Labute approximate surface area is 185 Å². The number of aryl methyl sites for hydroxylation is 1. The molecule has 1 aromatic heterocycles. The van der Waals surface area contributed by atoms with Crippen molar-refractivity contribution >= 4 is 5.96 Å². The maximum atomic E-state index is 5.25. The second-order valence-corrected chi connectivity index (χ2v) is 8.60. The Morgan fingerprint density at radius 2 is 1.87 bits per heavy atom. The fraction of sp³-hybridized carbons (Fsp3) is 0.609. The zero-order valence-electron chi connectivity index (χ0n) is 19.0. The molecule has 2 aromatic rings. The van der Waals surface area contributed by atoms with Gasteiger partial charge >= 0.3 is 0 Å². The lowest BCUT2D eigenvalue weighted by Crippen LogP contribution is -2.49. The smallest absolute Gasteiger partial charge is 0.191 e. The van der Waals surface area contributed by atoms with Crippen LogP contribution in [0.1, 0.15) is 42.9 Å². The first-order chi connectivity index (χ1) is 15.1. The molecule has 2 heterocycles. The molecule has 0 spiro atoms. The lowest BCUT2D eigenvalue weighted by atomic mass is 10.1. The third-order valence-electron chi connectivity index (χ3n) is 6.36. The molecule has 1 saturated carbocycles.